The van der Waals surface area contributed by atoms with Crippen molar-refractivity contribution < 1.29 is 13.9 Å². The van der Waals surface area contributed by atoms with Crippen molar-refractivity contribution in [1.29, 1.82) is 0 Å². The van der Waals surface area contributed by atoms with Gasteiger partial charge < -0.3 is 15.4 Å². The first-order chi connectivity index (χ1) is 13.5. The first-order valence-electron chi connectivity index (χ1n) is 8.82. The van der Waals surface area contributed by atoms with Crippen LogP contribution in [0.2, 0.25) is 5.02 Å². The van der Waals surface area contributed by atoms with Gasteiger partial charge in [-0.1, -0.05) is 35.9 Å². The fourth-order valence-corrected chi connectivity index (χ4v) is 3.83. The van der Waals surface area contributed by atoms with E-state index in [9.17, 15) is 4.79 Å². The highest BCUT2D eigenvalue weighted by Crippen LogP contribution is 2.38. The maximum absolute atomic E-state index is 15.3. The molecule has 29 heavy (non-hydrogen) atoms. The molecule has 10 heteroatoms. The van der Waals surface area contributed by atoms with E-state index in [-0.39, 0.29) is 35.3 Å². The third-order valence-electron chi connectivity index (χ3n) is 4.22. The fourth-order valence-electron chi connectivity index (χ4n) is 2.86. The van der Waals surface area contributed by atoms with Crippen molar-refractivity contribution in [3.8, 4) is 10.9 Å². The lowest BCUT2D eigenvalue weighted by molar-refractivity contribution is -0.109. The van der Waals surface area contributed by atoms with E-state index in [0.29, 0.717) is 30.1 Å². The molecule has 3 rings (SSSR count). The standard InChI is InChI=1S/C19H20ClFN4O2S.ClH/c1-3-14(24-11(2)8-23-10-26)12-4-5-13(20)18(17(12)21)27-19-25-15-6-7-22-9-16(15)28-19;/h4-7,9-11,14,24H,3,8H2,1-2H3,(H,23,26);1H/t11-,14-;/m1./s1. The molecular weight excluding hydrogens is 438 g/mol. The van der Waals surface area contributed by atoms with Crippen molar-refractivity contribution >= 4 is 52.0 Å². The van der Waals surface area contributed by atoms with Crippen LogP contribution in [-0.2, 0) is 4.79 Å². The second kappa shape index (κ2) is 10.7. The van der Waals surface area contributed by atoms with Crippen LogP contribution in [0, 0.1) is 5.82 Å². The van der Waals surface area contributed by atoms with Crippen LogP contribution < -0.4 is 15.4 Å². The predicted octanol–water partition coefficient (Wildman–Crippen LogP) is 4.87. The number of benzene rings is 1. The first-order valence-corrected chi connectivity index (χ1v) is 10.0. The number of halogens is 3. The molecule has 0 spiro atoms. The highest BCUT2D eigenvalue weighted by molar-refractivity contribution is 7.20. The number of aromatic nitrogens is 2. The Morgan fingerprint density at radius 2 is 2.17 bits per heavy atom. The largest absolute Gasteiger partial charge is 0.426 e. The molecule has 0 fully saturated rings. The molecule has 2 atom stereocenters. The van der Waals surface area contributed by atoms with Crippen molar-refractivity contribution in [3.05, 3.63) is 47.0 Å². The van der Waals surface area contributed by atoms with Crippen molar-refractivity contribution in [2.45, 2.75) is 32.4 Å². The lowest BCUT2D eigenvalue weighted by Gasteiger charge is -2.23. The summed E-state index contributed by atoms with van der Waals surface area (Å²) < 4.78 is 21.8. The molecule has 0 bridgehead atoms. The Hall–Kier alpha value is -2.00. The zero-order chi connectivity index (χ0) is 20.1. The number of hydrogen-bond donors (Lipinski definition) is 2. The number of amides is 1. The second-order valence-corrected chi connectivity index (χ2v) is 7.66. The Morgan fingerprint density at radius 1 is 1.38 bits per heavy atom. The molecule has 1 aromatic carbocycles. The van der Waals surface area contributed by atoms with E-state index >= 15 is 4.39 Å². The minimum absolute atomic E-state index is 0. The molecular formula is C19H21Cl2FN4O2S. The van der Waals surface area contributed by atoms with Crippen LogP contribution in [0.1, 0.15) is 31.9 Å². The number of ether oxygens (including phenoxy) is 1. The van der Waals surface area contributed by atoms with Gasteiger partial charge >= 0.3 is 0 Å². The molecule has 3 aromatic rings. The van der Waals surface area contributed by atoms with E-state index in [4.69, 9.17) is 16.3 Å². The van der Waals surface area contributed by atoms with Crippen molar-refractivity contribution in [1.82, 2.24) is 20.6 Å². The number of hydrogen-bond acceptors (Lipinski definition) is 6. The second-order valence-electron chi connectivity index (χ2n) is 6.26. The molecule has 0 aliphatic carbocycles. The molecule has 0 aliphatic rings. The monoisotopic (exact) mass is 458 g/mol. The summed E-state index contributed by atoms with van der Waals surface area (Å²) >= 11 is 7.47. The van der Waals surface area contributed by atoms with Crippen LogP contribution in [0.3, 0.4) is 0 Å². The molecule has 0 saturated heterocycles. The maximum Gasteiger partial charge on any atom is 0.280 e. The maximum atomic E-state index is 15.3. The summed E-state index contributed by atoms with van der Waals surface area (Å²) in [7, 11) is 0. The summed E-state index contributed by atoms with van der Waals surface area (Å²) in [6.07, 6.45) is 4.61. The minimum atomic E-state index is -0.528. The van der Waals surface area contributed by atoms with Gasteiger partial charge in [0, 0.05) is 36.6 Å². The summed E-state index contributed by atoms with van der Waals surface area (Å²) in [5, 5.41) is 6.39. The van der Waals surface area contributed by atoms with Crippen molar-refractivity contribution in [2.24, 2.45) is 0 Å². The molecule has 2 aromatic heterocycles. The number of thiazole rings is 1. The predicted molar refractivity (Wildman–Crippen MR) is 116 cm³/mol. The zero-order valence-corrected chi connectivity index (χ0v) is 18.2. The van der Waals surface area contributed by atoms with Gasteiger partial charge in [-0.25, -0.2) is 9.37 Å². The van der Waals surface area contributed by atoms with Crippen molar-refractivity contribution in [2.75, 3.05) is 6.54 Å². The van der Waals surface area contributed by atoms with Gasteiger partial charge in [-0.2, -0.15) is 0 Å². The molecule has 2 heterocycles. The van der Waals surface area contributed by atoms with Crippen LogP contribution in [0.15, 0.2) is 30.6 Å². The summed E-state index contributed by atoms with van der Waals surface area (Å²) in [4.78, 5) is 18.9. The van der Waals surface area contributed by atoms with Crippen LogP contribution in [-0.4, -0.2) is 29.0 Å². The van der Waals surface area contributed by atoms with E-state index in [2.05, 4.69) is 20.6 Å². The lowest BCUT2D eigenvalue weighted by Crippen LogP contribution is -2.38. The quantitative estimate of drug-likeness (QED) is 0.447. The summed E-state index contributed by atoms with van der Waals surface area (Å²) in [5.41, 5.74) is 1.18. The highest BCUT2D eigenvalue weighted by Gasteiger charge is 2.22. The SMILES string of the molecule is CC[C@@H](N[C@H](C)CNC=O)c1ccc(Cl)c(Oc2nc3ccncc3s2)c1F.Cl. The number of nitrogens with one attached hydrogen (secondary N) is 2. The smallest absolute Gasteiger partial charge is 0.280 e. The summed E-state index contributed by atoms with van der Waals surface area (Å²) in [6.45, 7) is 4.31. The third-order valence-corrected chi connectivity index (χ3v) is 5.40. The van der Waals surface area contributed by atoms with Crippen LogP contribution >= 0.6 is 35.3 Å². The normalized spacial score (nSPS) is 12.8. The van der Waals surface area contributed by atoms with Crippen LogP contribution in [0.5, 0.6) is 10.9 Å². The Bertz CT molecular complexity index is 940. The van der Waals surface area contributed by atoms with E-state index in [0.717, 1.165) is 10.2 Å². The zero-order valence-electron chi connectivity index (χ0n) is 15.8. The van der Waals surface area contributed by atoms with Gasteiger partial charge in [0.2, 0.25) is 6.41 Å². The summed E-state index contributed by atoms with van der Waals surface area (Å²) in [5.74, 6) is -0.579. The number of carbonyl (C=O) groups excluding carboxylic acids is 1. The molecule has 0 saturated carbocycles. The molecule has 0 aliphatic heterocycles. The molecule has 6 nitrogen and oxygen atoms in total. The number of nitrogens with zero attached hydrogens (tertiary/aromatic N) is 2. The minimum Gasteiger partial charge on any atom is -0.426 e. The third kappa shape index (κ3) is 5.54. The summed E-state index contributed by atoms with van der Waals surface area (Å²) in [6, 6.07) is 4.73. The van der Waals surface area contributed by atoms with Gasteiger partial charge in [0.1, 0.15) is 0 Å². The van der Waals surface area contributed by atoms with Gasteiger partial charge in [0.15, 0.2) is 11.6 Å². The van der Waals surface area contributed by atoms with Crippen LogP contribution in [0.4, 0.5) is 4.39 Å². The Balaban J connectivity index is 0.00000300. The Kier molecular flexibility index (Phi) is 8.58. The number of rotatable bonds is 9. The van der Waals surface area contributed by atoms with E-state index in [1.807, 2.05) is 13.8 Å². The topological polar surface area (TPSA) is 76.1 Å². The average Bonchev–Trinajstić information content (AvgIpc) is 3.10. The molecule has 0 radical (unpaired) electrons. The van der Waals surface area contributed by atoms with Crippen LogP contribution in [0.25, 0.3) is 10.2 Å². The molecule has 156 valence electrons. The number of fused-ring (bicyclic) bond motifs is 1. The van der Waals surface area contributed by atoms with Gasteiger partial charge in [-0.15, -0.1) is 12.4 Å². The molecule has 2 N–H and O–H groups in total. The Labute approximate surface area is 183 Å². The lowest BCUT2D eigenvalue weighted by atomic mass is 10.0. The van der Waals surface area contributed by atoms with Gasteiger partial charge in [-0.05, 0) is 25.5 Å². The molecule has 0 unspecified atom stereocenters. The van der Waals surface area contributed by atoms with E-state index in [1.165, 1.54) is 11.3 Å². The number of carbonyl (C=O) groups is 1. The van der Waals surface area contributed by atoms with E-state index < -0.39 is 5.82 Å². The highest BCUT2D eigenvalue weighted by atomic mass is 35.5. The first kappa shape index (κ1) is 23.3. The Morgan fingerprint density at radius 3 is 2.86 bits per heavy atom. The molecule has 1 amide bonds. The number of pyridine rings is 1. The van der Waals surface area contributed by atoms with E-state index in [1.54, 1.807) is 30.6 Å². The van der Waals surface area contributed by atoms with Gasteiger partial charge in [0.05, 0.1) is 15.2 Å². The average molecular weight is 459 g/mol. The van der Waals surface area contributed by atoms with Crippen molar-refractivity contribution in [3.63, 3.8) is 0 Å². The van der Waals surface area contributed by atoms with Gasteiger partial charge in [0.25, 0.3) is 5.19 Å². The fraction of sp³-hybridized carbons (Fsp3) is 0.316. The van der Waals surface area contributed by atoms with Gasteiger partial charge in [-0.3, -0.25) is 9.78 Å².